The third kappa shape index (κ3) is 5.47. The first kappa shape index (κ1) is 21.1. The molecule has 3 aromatic rings. The van der Waals surface area contributed by atoms with Crippen LogP contribution in [0.15, 0.2) is 59.7 Å². The van der Waals surface area contributed by atoms with Crippen LogP contribution >= 0.6 is 0 Å². The van der Waals surface area contributed by atoms with Crippen LogP contribution in [-0.4, -0.2) is 27.9 Å². The first-order valence-electron chi connectivity index (χ1n) is 9.13. The predicted molar refractivity (Wildman–Crippen MR) is 108 cm³/mol. The zero-order valence-electron chi connectivity index (χ0n) is 16.0. The number of hydrogen-bond acceptors (Lipinski definition) is 6. The highest BCUT2D eigenvalue weighted by atomic mass is 19.4. The lowest BCUT2D eigenvalue weighted by Crippen LogP contribution is -2.11. The number of ether oxygens (including phenoxy) is 1. The molecule has 0 spiro atoms. The van der Waals surface area contributed by atoms with Crippen molar-refractivity contribution in [2.45, 2.75) is 19.5 Å². The molecule has 9 heteroatoms. The summed E-state index contributed by atoms with van der Waals surface area (Å²) in [4.78, 5) is 7.71. The molecule has 0 aliphatic rings. The van der Waals surface area contributed by atoms with Gasteiger partial charge in [-0.25, -0.2) is 9.97 Å². The molecule has 0 aliphatic heterocycles. The summed E-state index contributed by atoms with van der Waals surface area (Å²) in [5, 5.41) is 13.9. The van der Waals surface area contributed by atoms with Crippen LogP contribution in [0.2, 0.25) is 0 Å². The van der Waals surface area contributed by atoms with Crippen LogP contribution in [0.1, 0.15) is 24.6 Å². The minimum atomic E-state index is -4.64. The Morgan fingerprint density at radius 2 is 1.87 bits per heavy atom. The summed E-state index contributed by atoms with van der Waals surface area (Å²) in [6, 6.07) is 13.8. The highest BCUT2D eigenvalue weighted by molar-refractivity contribution is 5.84. The van der Waals surface area contributed by atoms with E-state index in [-0.39, 0.29) is 17.4 Å². The van der Waals surface area contributed by atoms with Crippen molar-refractivity contribution in [2.75, 3.05) is 12.0 Å². The summed E-state index contributed by atoms with van der Waals surface area (Å²) in [5.74, 6) is 0.230. The molecule has 0 saturated heterocycles. The van der Waals surface area contributed by atoms with Crippen molar-refractivity contribution in [3.63, 3.8) is 0 Å². The molecule has 0 fully saturated rings. The van der Waals surface area contributed by atoms with Gasteiger partial charge in [-0.2, -0.15) is 18.3 Å². The fourth-order valence-corrected chi connectivity index (χ4v) is 2.48. The highest BCUT2D eigenvalue weighted by Crippen LogP contribution is 2.30. The number of halogens is 3. The van der Waals surface area contributed by atoms with Crippen molar-refractivity contribution in [1.82, 2.24) is 9.97 Å². The fraction of sp³-hybridized carbons (Fsp3) is 0.190. The normalized spacial score (nSPS) is 11.6. The van der Waals surface area contributed by atoms with Gasteiger partial charge in [-0.05, 0) is 18.6 Å². The Hall–Kier alpha value is -3.62. The number of aromatic hydroxyl groups is 1. The van der Waals surface area contributed by atoms with Crippen LogP contribution in [0, 0.1) is 0 Å². The summed E-state index contributed by atoms with van der Waals surface area (Å²) in [5.41, 5.74) is 2.18. The van der Waals surface area contributed by atoms with Gasteiger partial charge in [0.05, 0.1) is 12.8 Å². The molecule has 0 radical (unpaired) electrons. The Labute approximate surface area is 171 Å². The SMILES string of the molecule is CCCOc1ccc(C=NNc2cc(C(F)(F)F)nc(-c3ccccc3)n2)c(O)c1. The number of benzene rings is 2. The molecule has 0 amide bonds. The predicted octanol–water partition coefficient (Wildman–Crippen LogP) is 5.10. The third-order valence-corrected chi connectivity index (χ3v) is 3.91. The molecule has 30 heavy (non-hydrogen) atoms. The number of alkyl halides is 3. The highest BCUT2D eigenvalue weighted by Gasteiger charge is 2.33. The maximum Gasteiger partial charge on any atom is 0.433 e. The van der Waals surface area contributed by atoms with Gasteiger partial charge in [0.2, 0.25) is 0 Å². The third-order valence-electron chi connectivity index (χ3n) is 3.91. The van der Waals surface area contributed by atoms with Crippen LogP contribution in [-0.2, 0) is 6.18 Å². The zero-order chi connectivity index (χ0) is 21.6. The van der Waals surface area contributed by atoms with E-state index in [1.165, 1.54) is 12.3 Å². The zero-order valence-corrected chi connectivity index (χ0v) is 16.0. The van der Waals surface area contributed by atoms with Crippen molar-refractivity contribution >= 4 is 12.0 Å². The number of rotatable bonds is 7. The van der Waals surface area contributed by atoms with Crippen LogP contribution in [0.3, 0.4) is 0 Å². The standard InChI is InChI=1S/C21H19F3N4O2/c1-2-10-30-16-9-8-15(17(29)11-16)13-25-28-19-12-18(21(22,23)24)26-20(27-19)14-6-4-3-5-7-14/h3-9,11-13,29H,2,10H2,1H3,(H,26,27,28). The fourth-order valence-electron chi connectivity index (χ4n) is 2.48. The maximum absolute atomic E-state index is 13.2. The molecule has 0 saturated carbocycles. The summed E-state index contributed by atoms with van der Waals surface area (Å²) >= 11 is 0. The van der Waals surface area contributed by atoms with Crippen molar-refractivity contribution in [3.8, 4) is 22.9 Å². The lowest BCUT2D eigenvalue weighted by Gasteiger charge is -2.10. The molecule has 0 unspecified atom stereocenters. The van der Waals surface area contributed by atoms with Gasteiger partial charge in [-0.15, -0.1) is 0 Å². The molecule has 156 valence electrons. The minimum Gasteiger partial charge on any atom is -0.507 e. The maximum atomic E-state index is 13.2. The largest absolute Gasteiger partial charge is 0.507 e. The van der Waals surface area contributed by atoms with E-state index >= 15 is 0 Å². The van der Waals surface area contributed by atoms with Crippen molar-refractivity contribution in [3.05, 3.63) is 65.9 Å². The molecular weight excluding hydrogens is 397 g/mol. The second-order valence-corrected chi connectivity index (χ2v) is 6.26. The number of phenolic OH excluding ortho intramolecular Hbond substituents is 1. The van der Waals surface area contributed by atoms with Gasteiger partial charge in [-0.1, -0.05) is 37.3 Å². The number of phenols is 1. The molecule has 3 rings (SSSR count). The average Bonchev–Trinajstić information content (AvgIpc) is 2.73. The lowest BCUT2D eigenvalue weighted by atomic mass is 10.2. The van der Waals surface area contributed by atoms with Gasteiger partial charge in [0.25, 0.3) is 0 Å². The van der Waals surface area contributed by atoms with Crippen LogP contribution in [0.4, 0.5) is 19.0 Å². The summed E-state index contributed by atoms with van der Waals surface area (Å²) in [7, 11) is 0. The van der Waals surface area contributed by atoms with Crippen molar-refractivity contribution in [2.24, 2.45) is 5.10 Å². The van der Waals surface area contributed by atoms with Crippen molar-refractivity contribution in [1.29, 1.82) is 0 Å². The van der Waals surface area contributed by atoms with Crippen LogP contribution in [0.5, 0.6) is 11.5 Å². The molecular formula is C21H19F3N4O2. The minimum absolute atomic E-state index is 0.0715. The second-order valence-electron chi connectivity index (χ2n) is 6.26. The molecule has 1 aromatic heterocycles. The summed E-state index contributed by atoms with van der Waals surface area (Å²) in [6.07, 6.45) is -2.53. The van der Waals surface area contributed by atoms with Gasteiger partial charge in [0, 0.05) is 23.3 Å². The molecule has 0 aliphatic carbocycles. The van der Waals surface area contributed by atoms with Crippen molar-refractivity contribution < 1.29 is 23.0 Å². The number of nitrogens with zero attached hydrogens (tertiary/aromatic N) is 3. The number of anilines is 1. The topological polar surface area (TPSA) is 79.6 Å². The van der Waals surface area contributed by atoms with E-state index in [4.69, 9.17) is 4.74 Å². The van der Waals surface area contributed by atoms with Gasteiger partial charge < -0.3 is 9.84 Å². The van der Waals surface area contributed by atoms with Gasteiger partial charge in [0.15, 0.2) is 17.3 Å². The number of nitrogens with one attached hydrogen (secondary N) is 1. The van der Waals surface area contributed by atoms with Gasteiger partial charge in [0.1, 0.15) is 11.5 Å². The molecule has 6 nitrogen and oxygen atoms in total. The number of aromatic nitrogens is 2. The first-order valence-corrected chi connectivity index (χ1v) is 9.13. The molecule has 0 bridgehead atoms. The molecule has 0 atom stereocenters. The van der Waals surface area contributed by atoms with Crippen LogP contribution < -0.4 is 10.2 Å². The second kappa shape index (κ2) is 9.25. The number of hydrazone groups is 1. The van der Waals surface area contributed by atoms with Gasteiger partial charge >= 0.3 is 6.18 Å². The summed E-state index contributed by atoms with van der Waals surface area (Å²) < 4.78 is 45.1. The smallest absolute Gasteiger partial charge is 0.433 e. The average molecular weight is 416 g/mol. The van der Waals surface area contributed by atoms with E-state index in [1.807, 2.05) is 6.92 Å². The Balaban J connectivity index is 1.82. The summed E-state index contributed by atoms with van der Waals surface area (Å²) in [6.45, 7) is 2.49. The Kier molecular flexibility index (Phi) is 6.51. The number of hydrogen-bond donors (Lipinski definition) is 2. The van der Waals surface area contributed by atoms with E-state index in [1.54, 1.807) is 42.5 Å². The van der Waals surface area contributed by atoms with E-state index in [0.717, 1.165) is 12.5 Å². The van der Waals surface area contributed by atoms with E-state index in [9.17, 15) is 18.3 Å². The lowest BCUT2D eigenvalue weighted by molar-refractivity contribution is -0.141. The van der Waals surface area contributed by atoms with E-state index in [0.29, 0.717) is 23.5 Å². The molecule has 1 heterocycles. The Morgan fingerprint density at radius 3 is 2.53 bits per heavy atom. The Morgan fingerprint density at radius 1 is 1.10 bits per heavy atom. The van der Waals surface area contributed by atoms with Gasteiger partial charge in [-0.3, -0.25) is 5.43 Å². The van der Waals surface area contributed by atoms with Crippen LogP contribution in [0.25, 0.3) is 11.4 Å². The monoisotopic (exact) mass is 416 g/mol. The Bertz CT molecular complexity index is 1020. The van der Waals surface area contributed by atoms with E-state index < -0.39 is 11.9 Å². The quantitative estimate of drug-likeness (QED) is 0.414. The van der Waals surface area contributed by atoms with E-state index in [2.05, 4.69) is 20.5 Å². The first-order chi connectivity index (χ1) is 14.4. The molecule has 2 aromatic carbocycles. The molecule has 2 N–H and O–H groups in total.